The van der Waals surface area contributed by atoms with Crippen molar-refractivity contribution in [2.24, 2.45) is 0 Å². The number of amides is 1. The number of fused-ring (bicyclic) bond motifs is 1. The van der Waals surface area contributed by atoms with Gasteiger partial charge in [-0.05, 0) is 42.8 Å². The number of halogens is 1. The summed E-state index contributed by atoms with van der Waals surface area (Å²) in [7, 11) is 0. The number of hydrogen-bond acceptors (Lipinski definition) is 3. The summed E-state index contributed by atoms with van der Waals surface area (Å²) in [5.41, 5.74) is 1.35. The molecule has 1 unspecified atom stereocenters. The number of carbonyl (C=O) groups excluding carboxylic acids is 2. The maximum absolute atomic E-state index is 12.7. The molecule has 5 heteroatoms. The van der Waals surface area contributed by atoms with E-state index in [1.165, 1.54) is 0 Å². The number of Topliss-reactive ketones (excluding diaryl/α,β-unsaturated/α-hetero) is 1. The smallest absolute Gasteiger partial charge is 0.227 e. The highest BCUT2D eigenvalue weighted by atomic mass is 35.5. The van der Waals surface area contributed by atoms with Crippen LogP contribution >= 0.6 is 11.6 Å². The molecule has 4 nitrogen and oxygen atoms in total. The van der Waals surface area contributed by atoms with Crippen molar-refractivity contribution >= 4 is 29.0 Å². The van der Waals surface area contributed by atoms with Gasteiger partial charge in [0, 0.05) is 23.4 Å². The third-order valence-electron chi connectivity index (χ3n) is 4.32. The van der Waals surface area contributed by atoms with Gasteiger partial charge in [0.15, 0.2) is 5.78 Å². The molecule has 1 amide bonds. The zero-order valence-corrected chi connectivity index (χ0v) is 14.8. The highest BCUT2D eigenvalue weighted by Gasteiger charge is 2.28. The molecule has 0 aromatic heterocycles. The highest BCUT2D eigenvalue weighted by molar-refractivity contribution is 6.30. The Morgan fingerprint density at radius 3 is 2.56 bits per heavy atom. The van der Waals surface area contributed by atoms with Crippen molar-refractivity contribution in [2.75, 3.05) is 11.4 Å². The van der Waals surface area contributed by atoms with E-state index in [0.29, 0.717) is 17.1 Å². The number of carbonyl (C=O) groups is 2. The van der Waals surface area contributed by atoms with Crippen LogP contribution in [0.15, 0.2) is 48.5 Å². The molecule has 1 aliphatic heterocycles. The third-order valence-corrected chi connectivity index (χ3v) is 4.58. The standard InChI is InChI=1S/C20H20ClNO3/c1-2-16-13-22(17-5-3-4-6-19(17)25-16)20(24)12-11-18(23)14-7-9-15(21)10-8-14/h3-10,16H,2,11-13H2,1H3. The Hall–Kier alpha value is -2.33. The summed E-state index contributed by atoms with van der Waals surface area (Å²) in [6.07, 6.45) is 1.15. The van der Waals surface area contributed by atoms with Gasteiger partial charge in [0.1, 0.15) is 11.9 Å². The minimum atomic E-state index is -0.0588. The second-order valence-electron chi connectivity index (χ2n) is 6.05. The number of ether oxygens (including phenoxy) is 1. The topological polar surface area (TPSA) is 46.6 Å². The van der Waals surface area contributed by atoms with Crippen LogP contribution in [0.4, 0.5) is 5.69 Å². The Kier molecular flexibility index (Phi) is 5.39. The van der Waals surface area contributed by atoms with E-state index in [-0.39, 0.29) is 30.6 Å². The van der Waals surface area contributed by atoms with Crippen LogP contribution in [0.2, 0.25) is 5.02 Å². The molecular formula is C20H20ClNO3. The normalized spacial score (nSPS) is 16.1. The van der Waals surface area contributed by atoms with Crippen molar-refractivity contribution in [2.45, 2.75) is 32.3 Å². The summed E-state index contributed by atoms with van der Waals surface area (Å²) < 4.78 is 5.89. The Balaban J connectivity index is 1.68. The average molecular weight is 358 g/mol. The van der Waals surface area contributed by atoms with Crippen molar-refractivity contribution in [1.29, 1.82) is 0 Å². The minimum Gasteiger partial charge on any atom is -0.486 e. The molecule has 0 saturated carbocycles. The molecule has 0 saturated heterocycles. The lowest BCUT2D eigenvalue weighted by Gasteiger charge is -2.34. The number of benzene rings is 2. The second kappa shape index (κ2) is 7.70. The molecule has 0 bridgehead atoms. The highest BCUT2D eigenvalue weighted by Crippen LogP contribution is 2.34. The van der Waals surface area contributed by atoms with Gasteiger partial charge in [-0.1, -0.05) is 30.7 Å². The van der Waals surface area contributed by atoms with Gasteiger partial charge in [-0.3, -0.25) is 9.59 Å². The van der Waals surface area contributed by atoms with Crippen LogP contribution in [-0.4, -0.2) is 24.3 Å². The fraction of sp³-hybridized carbons (Fsp3) is 0.300. The first-order valence-electron chi connectivity index (χ1n) is 8.43. The molecule has 0 spiro atoms. The van der Waals surface area contributed by atoms with Crippen molar-refractivity contribution < 1.29 is 14.3 Å². The van der Waals surface area contributed by atoms with E-state index >= 15 is 0 Å². The molecule has 1 aliphatic rings. The van der Waals surface area contributed by atoms with E-state index in [2.05, 4.69) is 0 Å². The van der Waals surface area contributed by atoms with E-state index in [9.17, 15) is 9.59 Å². The van der Waals surface area contributed by atoms with E-state index in [0.717, 1.165) is 17.9 Å². The van der Waals surface area contributed by atoms with E-state index in [4.69, 9.17) is 16.3 Å². The predicted octanol–water partition coefficient (Wildman–Crippen LogP) is 4.51. The molecule has 1 atom stereocenters. The number of anilines is 1. The molecule has 2 aromatic carbocycles. The molecule has 0 aliphatic carbocycles. The number of nitrogens with zero attached hydrogens (tertiary/aromatic N) is 1. The van der Waals surface area contributed by atoms with Crippen LogP contribution in [0.3, 0.4) is 0 Å². The van der Waals surface area contributed by atoms with Crippen LogP contribution < -0.4 is 9.64 Å². The molecule has 1 heterocycles. The third kappa shape index (κ3) is 4.02. The minimum absolute atomic E-state index is 0.0224. The number of rotatable bonds is 5. The van der Waals surface area contributed by atoms with Gasteiger partial charge >= 0.3 is 0 Å². The van der Waals surface area contributed by atoms with Gasteiger partial charge in [-0.15, -0.1) is 0 Å². The lowest BCUT2D eigenvalue weighted by atomic mass is 10.1. The first-order chi connectivity index (χ1) is 12.1. The van der Waals surface area contributed by atoms with Gasteiger partial charge < -0.3 is 9.64 Å². The summed E-state index contributed by atoms with van der Waals surface area (Å²) in [6, 6.07) is 14.3. The molecule has 2 aromatic rings. The van der Waals surface area contributed by atoms with E-state index in [1.54, 1.807) is 29.2 Å². The first kappa shape index (κ1) is 17.5. The Morgan fingerprint density at radius 2 is 1.84 bits per heavy atom. The number of ketones is 1. The largest absolute Gasteiger partial charge is 0.486 e. The first-order valence-corrected chi connectivity index (χ1v) is 8.81. The van der Waals surface area contributed by atoms with Crippen molar-refractivity contribution in [1.82, 2.24) is 0 Å². The maximum atomic E-state index is 12.7. The fourth-order valence-electron chi connectivity index (χ4n) is 2.88. The Bertz CT molecular complexity index is 773. The van der Waals surface area contributed by atoms with E-state index < -0.39 is 0 Å². The monoisotopic (exact) mass is 357 g/mol. The zero-order chi connectivity index (χ0) is 17.8. The van der Waals surface area contributed by atoms with Crippen LogP contribution in [0.25, 0.3) is 0 Å². The predicted molar refractivity (Wildman–Crippen MR) is 98.5 cm³/mol. The van der Waals surface area contributed by atoms with Crippen LogP contribution in [0.1, 0.15) is 36.5 Å². The van der Waals surface area contributed by atoms with Gasteiger partial charge in [0.2, 0.25) is 5.91 Å². The Morgan fingerprint density at radius 1 is 1.12 bits per heavy atom. The summed E-state index contributed by atoms with van der Waals surface area (Å²) in [5, 5.41) is 0.586. The van der Waals surface area contributed by atoms with Crippen molar-refractivity contribution in [3.05, 3.63) is 59.1 Å². The summed E-state index contributed by atoms with van der Waals surface area (Å²) in [5.74, 6) is 0.605. The quantitative estimate of drug-likeness (QED) is 0.740. The van der Waals surface area contributed by atoms with Gasteiger partial charge in [0.25, 0.3) is 0 Å². The summed E-state index contributed by atoms with van der Waals surface area (Å²) in [6.45, 7) is 2.55. The fourth-order valence-corrected chi connectivity index (χ4v) is 3.01. The number of para-hydroxylation sites is 2. The number of hydrogen-bond donors (Lipinski definition) is 0. The molecule has 0 N–H and O–H groups in total. The van der Waals surface area contributed by atoms with Crippen molar-refractivity contribution in [3.8, 4) is 5.75 Å². The van der Waals surface area contributed by atoms with Gasteiger partial charge in [-0.2, -0.15) is 0 Å². The molecule has 130 valence electrons. The lowest BCUT2D eigenvalue weighted by Crippen LogP contribution is -2.43. The average Bonchev–Trinajstić information content (AvgIpc) is 2.65. The molecule has 25 heavy (non-hydrogen) atoms. The summed E-state index contributed by atoms with van der Waals surface area (Å²) in [4.78, 5) is 26.7. The lowest BCUT2D eigenvalue weighted by molar-refractivity contribution is -0.119. The summed E-state index contributed by atoms with van der Waals surface area (Å²) >= 11 is 5.84. The van der Waals surface area contributed by atoms with E-state index in [1.807, 2.05) is 31.2 Å². The molecule has 0 radical (unpaired) electrons. The molecular weight excluding hydrogens is 338 g/mol. The zero-order valence-electron chi connectivity index (χ0n) is 14.1. The van der Waals surface area contributed by atoms with Gasteiger partial charge in [-0.25, -0.2) is 0 Å². The second-order valence-corrected chi connectivity index (χ2v) is 6.49. The molecule has 3 rings (SSSR count). The van der Waals surface area contributed by atoms with Crippen LogP contribution in [0.5, 0.6) is 5.75 Å². The SMILES string of the molecule is CCC1CN(C(=O)CCC(=O)c2ccc(Cl)cc2)c2ccccc2O1. The maximum Gasteiger partial charge on any atom is 0.227 e. The Labute approximate surface area is 152 Å². The molecule has 0 fully saturated rings. The van der Waals surface area contributed by atoms with Crippen molar-refractivity contribution in [3.63, 3.8) is 0 Å². The van der Waals surface area contributed by atoms with Crippen LogP contribution in [-0.2, 0) is 4.79 Å². The van der Waals surface area contributed by atoms with Crippen LogP contribution in [0, 0.1) is 0 Å². The van der Waals surface area contributed by atoms with Gasteiger partial charge in [0.05, 0.1) is 12.2 Å².